The van der Waals surface area contributed by atoms with Crippen LogP contribution in [0, 0.1) is 16.7 Å². The first kappa shape index (κ1) is 17.7. The van der Waals surface area contributed by atoms with E-state index in [0.717, 1.165) is 24.4 Å². The molecule has 0 aliphatic rings. The van der Waals surface area contributed by atoms with Crippen LogP contribution in [0.5, 0.6) is 0 Å². The quantitative estimate of drug-likeness (QED) is 0.789. The normalized spacial score (nSPS) is 13.0. The molecule has 4 heteroatoms. The molecule has 122 valence electrons. The Bertz CT molecular complexity index is 617. The molecule has 0 fully saturated rings. The lowest BCUT2D eigenvalue weighted by atomic mass is 9.91. The molecule has 0 spiro atoms. The van der Waals surface area contributed by atoms with Gasteiger partial charge in [0.25, 0.3) is 0 Å². The van der Waals surface area contributed by atoms with Crippen molar-refractivity contribution in [2.75, 3.05) is 13.1 Å². The molecule has 1 aromatic heterocycles. The van der Waals surface area contributed by atoms with E-state index in [1.54, 1.807) is 11.3 Å². The molecule has 0 aliphatic carbocycles. The Labute approximate surface area is 142 Å². The van der Waals surface area contributed by atoms with Crippen LogP contribution in [-0.4, -0.2) is 23.1 Å². The van der Waals surface area contributed by atoms with Crippen molar-refractivity contribution >= 4 is 11.3 Å². The van der Waals surface area contributed by atoms with Crippen LogP contribution in [0.3, 0.4) is 0 Å². The minimum atomic E-state index is -0.482. The number of hydrogen-bond acceptors (Lipinski definition) is 4. The van der Waals surface area contributed by atoms with Gasteiger partial charge < -0.3 is 5.11 Å². The van der Waals surface area contributed by atoms with E-state index in [0.29, 0.717) is 6.54 Å². The summed E-state index contributed by atoms with van der Waals surface area (Å²) in [5.41, 5.74) is 0.878. The van der Waals surface area contributed by atoms with Gasteiger partial charge in [-0.15, -0.1) is 11.3 Å². The second kappa shape index (κ2) is 8.26. The van der Waals surface area contributed by atoms with Gasteiger partial charge in [-0.2, -0.15) is 5.26 Å². The van der Waals surface area contributed by atoms with Gasteiger partial charge in [-0.25, -0.2) is 0 Å². The lowest BCUT2D eigenvalue weighted by Crippen LogP contribution is -2.31. The fourth-order valence-electron chi connectivity index (χ4n) is 2.39. The van der Waals surface area contributed by atoms with Crippen LogP contribution in [0.4, 0.5) is 0 Å². The molecule has 2 aromatic rings. The second-order valence-corrected chi connectivity index (χ2v) is 7.48. The molecule has 3 nitrogen and oxygen atoms in total. The van der Waals surface area contributed by atoms with E-state index in [2.05, 4.69) is 23.1 Å². The summed E-state index contributed by atoms with van der Waals surface area (Å²) >= 11 is 1.58. The van der Waals surface area contributed by atoms with Crippen LogP contribution in [-0.2, 0) is 6.54 Å². The highest BCUT2D eigenvalue weighted by Crippen LogP contribution is 2.23. The first-order valence-electron chi connectivity index (χ1n) is 7.89. The summed E-state index contributed by atoms with van der Waals surface area (Å²) in [6.45, 7) is 6.08. The summed E-state index contributed by atoms with van der Waals surface area (Å²) in [5.74, 6) is 0. The van der Waals surface area contributed by atoms with Gasteiger partial charge in [-0.3, -0.25) is 4.90 Å². The average Bonchev–Trinajstić information content (AvgIpc) is 3.08. The third-order valence-corrected chi connectivity index (χ3v) is 4.88. The molecule has 0 saturated heterocycles. The molecule has 0 radical (unpaired) electrons. The lowest BCUT2D eigenvalue weighted by molar-refractivity contribution is 0.106. The van der Waals surface area contributed by atoms with Gasteiger partial charge in [-0.1, -0.05) is 36.4 Å². The van der Waals surface area contributed by atoms with Gasteiger partial charge in [0.2, 0.25) is 0 Å². The van der Waals surface area contributed by atoms with Crippen LogP contribution in [0.2, 0.25) is 0 Å². The molecule has 0 aliphatic heterocycles. The van der Waals surface area contributed by atoms with Crippen molar-refractivity contribution in [2.45, 2.75) is 32.9 Å². The molecule has 1 aromatic carbocycles. The monoisotopic (exact) mass is 328 g/mol. The summed E-state index contributed by atoms with van der Waals surface area (Å²) in [6, 6.07) is 16.5. The number of rotatable bonds is 8. The number of aliphatic hydroxyl groups excluding tert-OH is 1. The number of hydrogen-bond donors (Lipinski definition) is 1. The van der Waals surface area contributed by atoms with E-state index < -0.39 is 6.10 Å². The molecule has 23 heavy (non-hydrogen) atoms. The fraction of sp³-hybridized carbons (Fsp3) is 0.421. The van der Waals surface area contributed by atoms with Gasteiger partial charge in [0, 0.05) is 24.5 Å². The Morgan fingerprint density at radius 1 is 1.22 bits per heavy atom. The molecule has 1 atom stereocenters. The van der Waals surface area contributed by atoms with Gasteiger partial charge in [0.05, 0.1) is 11.5 Å². The molecular formula is C19H24N2OS. The van der Waals surface area contributed by atoms with Crippen molar-refractivity contribution in [1.82, 2.24) is 4.90 Å². The molecule has 1 heterocycles. The molecular weight excluding hydrogens is 304 g/mol. The lowest BCUT2D eigenvalue weighted by Gasteiger charge is -2.27. The van der Waals surface area contributed by atoms with Gasteiger partial charge in [-0.05, 0) is 37.3 Å². The highest BCUT2D eigenvalue weighted by atomic mass is 32.1. The minimum absolute atomic E-state index is 0.344. The highest BCUT2D eigenvalue weighted by molar-refractivity contribution is 7.10. The van der Waals surface area contributed by atoms with Crippen molar-refractivity contribution in [3.63, 3.8) is 0 Å². The van der Waals surface area contributed by atoms with Crippen LogP contribution < -0.4 is 0 Å². The van der Waals surface area contributed by atoms with Crippen molar-refractivity contribution in [1.29, 1.82) is 5.26 Å². The number of benzene rings is 1. The maximum absolute atomic E-state index is 10.4. The third-order valence-electron chi connectivity index (χ3n) is 3.91. The molecule has 1 unspecified atom stereocenters. The average molecular weight is 328 g/mol. The van der Waals surface area contributed by atoms with Crippen LogP contribution in [0.25, 0.3) is 0 Å². The Morgan fingerprint density at radius 2 is 1.96 bits per heavy atom. The summed E-state index contributed by atoms with van der Waals surface area (Å²) in [6.07, 6.45) is 0.303. The Morgan fingerprint density at radius 3 is 2.57 bits per heavy atom. The Balaban J connectivity index is 2.03. The van der Waals surface area contributed by atoms with Gasteiger partial charge >= 0.3 is 0 Å². The molecule has 0 amide bonds. The first-order chi connectivity index (χ1) is 11.0. The van der Waals surface area contributed by atoms with Crippen LogP contribution >= 0.6 is 11.3 Å². The fourth-order valence-corrected chi connectivity index (χ4v) is 3.09. The zero-order valence-electron chi connectivity index (χ0n) is 13.8. The van der Waals surface area contributed by atoms with E-state index in [9.17, 15) is 10.4 Å². The maximum Gasteiger partial charge on any atom is 0.101 e. The summed E-state index contributed by atoms with van der Waals surface area (Å²) in [7, 11) is 0. The molecule has 0 saturated carbocycles. The van der Waals surface area contributed by atoms with Crippen molar-refractivity contribution in [3.8, 4) is 6.07 Å². The Hall–Kier alpha value is -1.67. The van der Waals surface area contributed by atoms with Crippen LogP contribution in [0.1, 0.15) is 36.8 Å². The van der Waals surface area contributed by atoms with Gasteiger partial charge in [0.1, 0.15) is 6.10 Å². The topological polar surface area (TPSA) is 47.3 Å². The molecule has 1 N–H and O–H groups in total. The number of nitriles is 1. The molecule has 2 rings (SSSR count). The zero-order valence-corrected chi connectivity index (χ0v) is 14.6. The SMILES string of the molecule is CC(C)(C#N)CCN(Cc1ccccc1)CC(O)c1cccs1. The predicted molar refractivity (Wildman–Crippen MR) is 95.0 cm³/mol. The van der Waals surface area contributed by atoms with E-state index >= 15 is 0 Å². The maximum atomic E-state index is 10.4. The minimum Gasteiger partial charge on any atom is -0.386 e. The summed E-state index contributed by atoms with van der Waals surface area (Å²) < 4.78 is 0. The van der Waals surface area contributed by atoms with Crippen LogP contribution in [0.15, 0.2) is 47.8 Å². The van der Waals surface area contributed by atoms with E-state index in [1.807, 2.05) is 49.6 Å². The highest BCUT2D eigenvalue weighted by Gasteiger charge is 2.20. The summed E-state index contributed by atoms with van der Waals surface area (Å²) in [5, 5.41) is 21.6. The van der Waals surface area contributed by atoms with Gasteiger partial charge in [0.15, 0.2) is 0 Å². The number of nitrogens with zero attached hydrogens (tertiary/aromatic N) is 2. The largest absolute Gasteiger partial charge is 0.386 e. The van der Waals surface area contributed by atoms with Crippen molar-refractivity contribution in [2.24, 2.45) is 5.41 Å². The number of thiophene rings is 1. The molecule has 0 bridgehead atoms. The van der Waals surface area contributed by atoms with Crippen molar-refractivity contribution < 1.29 is 5.11 Å². The summed E-state index contributed by atoms with van der Waals surface area (Å²) in [4.78, 5) is 3.22. The Kier molecular flexibility index (Phi) is 6.35. The zero-order chi connectivity index (χ0) is 16.7. The third kappa shape index (κ3) is 5.80. The predicted octanol–water partition coefficient (Wildman–Crippen LogP) is 4.22. The van der Waals surface area contributed by atoms with E-state index in [-0.39, 0.29) is 5.41 Å². The smallest absolute Gasteiger partial charge is 0.101 e. The standard InChI is InChI=1S/C19H24N2OS/c1-19(2,15-20)10-11-21(13-16-7-4-3-5-8-16)14-17(22)18-9-6-12-23-18/h3-9,12,17,22H,10-11,13-14H2,1-2H3. The van der Waals surface area contributed by atoms with E-state index in [1.165, 1.54) is 5.56 Å². The first-order valence-corrected chi connectivity index (χ1v) is 8.77. The van der Waals surface area contributed by atoms with Crippen molar-refractivity contribution in [3.05, 3.63) is 58.3 Å². The second-order valence-electron chi connectivity index (χ2n) is 6.50. The van der Waals surface area contributed by atoms with E-state index in [4.69, 9.17) is 0 Å². The number of aliphatic hydroxyl groups is 1.